The first-order valence-corrected chi connectivity index (χ1v) is 8.25. The first-order chi connectivity index (χ1) is 11.7. The van der Waals surface area contributed by atoms with Crippen LogP contribution < -0.4 is 0 Å². The number of carbonyl (C=O) groups excluding carboxylic acids is 2. The van der Waals surface area contributed by atoms with Crippen LogP contribution in [0, 0.1) is 5.92 Å². The smallest absolute Gasteiger partial charge is 0.310 e. The van der Waals surface area contributed by atoms with Crippen LogP contribution in [-0.2, 0) is 9.53 Å². The van der Waals surface area contributed by atoms with Gasteiger partial charge in [0.25, 0.3) is 5.91 Å². The SMILES string of the molecule is CCOC(=O)C1CCCN(C(=O)c2ccc(-n3cccn3)cc2)C1. The minimum absolute atomic E-state index is 0.0454. The summed E-state index contributed by atoms with van der Waals surface area (Å²) in [5.41, 5.74) is 1.52. The number of nitrogens with zero attached hydrogens (tertiary/aromatic N) is 3. The third kappa shape index (κ3) is 3.48. The van der Waals surface area contributed by atoms with Crippen LogP contribution in [0.4, 0.5) is 0 Å². The van der Waals surface area contributed by atoms with Crippen LogP contribution in [0.15, 0.2) is 42.7 Å². The standard InChI is InChI=1S/C18H21N3O3/c1-2-24-18(23)15-5-3-11-20(13-15)17(22)14-6-8-16(9-7-14)21-12-4-10-19-21/h4,6-10,12,15H,2-3,5,11,13H2,1H3. The average Bonchev–Trinajstić information content (AvgIpc) is 3.16. The summed E-state index contributed by atoms with van der Waals surface area (Å²) >= 11 is 0. The molecule has 1 saturated heterocycles. The highest BCUT2D eigenvalue weighted by atomic mass is 16.5. The molecule has 3 rings (SSSR count). The normalized spacial score (nSPS) is 17.5. The van der Waals surface area contributed by atoms with E-state index in [-0.39, 0.29) is 17.8 Å². The number of hydrogen-bond donors (Lipinski definition) is 0. The van der Waals surface area contributed by atoms with Crippen LogP contribution in [-0.4, -0.2) is 46.3 Å². The number of likely N-dealkylation sites (tertiary alicyclic amines) is 1. The minimum Gasteiger partial charge on any atom is -0.466 e. The molecule has 1 atom stereocenters. The molecule has 2 aromatic rings. The highest BCUT2D eigenvalue weighted by Crippen LogP contribution is 2.20. The average molecular weight is 327 g/mol. The first kappa shape index (κ1) is 16.2. The molecule has 0 radical (unpaired) electrons. The molecule has 1 aromatic heterocycles. The van der Waals surface area contributed by atoms with Gasteiger partial charge in [-0.3, -0.25) is 9.59 Å². The number of esters is 1. The van der Waals surface area contributed by atoms with Gasteiger partial charge in [0.15, 0.2) is 0 Å². The molecule has 1 fully saturated rings. The van der Waals surface area contributed by atoms with Crippen LogP contribution in [0.3, 0.4) is 0 Å². The van der Waals surface area contributed by atoms with Gasteiger partial charge in [0.2, 0.25) is 0 Å². The Hall–Kier alpha value is -2.63. The van der Waals surface area contributed by atoms with Crippen molar-refractivity contribution in [2.75, 3.05) is 19.7 Å². The quantitative estimate of drug-likeness (QED) is 0.808. The van der Waals surface area contributed by atoms with E-state index in [0.29, 0.717) is 25.3 Å². The van der Waals surface area contributed by atoms with E-state index in [9.17, 15) is 9.59 Å². The highest BCUT2D eigenvalue weighted by Gasteiger charge is 2.29. The molecule has 0 spiro atoms. The summed E-state index contributed by atoms with van der Waals surface area (Å²) in [5, 5.41) is 4.17. The van der Waals surface area contributed by atoms with Crippen molar-refractivity contribution in [1.29, 1.82) is 0 Å². The topological polar surface area (TPSA) is 64.4 Å². The van der Waals surface area contributed by atoms with Gasteiger partial charge >= 0.3 is 5.97 Å². The summed E-state index contributed by atoms with van der Waals surface area (Å²) in [6, 6.07) is 9.18. The van der Waals surface area contributed by atoms with Crippen LogP contribution in [0.2, 0.25) is 0 Å². The minimum atomic E-state index is -0.217. The molecular weight excluding hydrogens is 306 g/mol. The molecule has 1 aromatic carbocycles. The van der Waals surface area contributed by atoms with Crippen LogP contribution >= 0.6 is 0 Å². The van der Waals surface area contributed by atoms with E-state index in [1.165, 1.54) is 0 Å². The molecule has 0 saturated carbocycles. The number of rotatable bonds is 4. The second kappa shape index (κ2) is 7.29. The molecule has 1 unspecified atom stereocenters. The van der Waals surface area contributed by atoms with Crippen LogP contribution in [0.25, 0.3) is 5.69 Å². The molecule has 1 aliphatic rings. The molecule has 2 heterocycles. The van der Waals surface area contributed by atoms with Gasteiger partial charge < -0.3 is 9.64 Å². The molecule has 24 heavy (non-hydrogen) atoms. The summed E-state index contributed by atoms with van der Waals surface area (Å²) in [4.78, 5) is 26.3. The van der Waals surface area contributed by atoms with Gasteiger partial charge in [-0.2, -0.15) is 5.10 Å². The predicted octanol–water partition coefficient (Wildman–Crippen LogP) is 2.29. The fourth-order valence-electron chi connectivity index (χ4n) is 2.97. The molecule has 1 aliphatic heterocycles. The van der Waals surface area contributed by atoms with E-state index < -0.39 is 0 Å². The van der Waals surface area contributed by atoms with Gasteiger partial charge in [-0.1, -0.05) is 0 Å². The summed E-state index contributed by atoms with van der Waals surface area (Å²) in [6.07, 6.45) is 5.16. The van der Waals surface area contributed by atoms with Crippen molar-refractivity contribution < 1.29 is 14.3 Å². The summed E-state index contributed by atoms with van der Waals surface area (Å²) in [5.74, 6) is -0.467. The Morgan fingerprint density at radius 2 is 2.08 bits per heavy atom. The Labute approximate surface area is 141 Å². The van der Waals surface area contributed by atoms with Gasteiger partial charge in [-0.25, -0.2) is 4.68 Å². The van der Waals surface area contributed by atoms with Gasteiger partial charge in [0, 0.05) is 31.0 Å². The van der Waals surface area contributed by atoms with Crippen LogP contribution in [0.5, 0.6) is 0 Å². The lowest BCUT2D eigenvalue weighted by atomic mass is 9.97. The maximum Gasteiger partial charge on any atom is 0.310 e. The highest BCUT2D eigenvalue weighted by molar-refractivity contribution is 5.94. The number of benzene rings is 1. The van der Waals surface area contributed by atoms with Crippen molar-refractivity contribution in [2.45, 2.75) is 19.8 Å². The van der Waals surface area contributed by atoms with E-state index in [1.807, 2.05) is 24.4 Å². The Bertz CT molecular complexity index is 695. The lowest BCUT2D eigenvalue weighted by Crippen LogP contribution is -2.42. The number of amides is 1. The molecular formula is C18H21N3O3. The fourth-order valence-corrected chi connectivity index (χ4v) is 2.97. The fraction of sp³-hybridized carbons (Fsp3) is 0.389. The Balaban J connectivity index is 1.68. The largest absolute Gasteiger partial charge is 0.466 e. The zero-order valence-electron chi connectivity index (χ0n) is 13.7. The van der Waals surface area contributed by atoms with E-state index in [2.05, 4.69) is 5.10 Å². The third-order valence-electron chi connectivity index (χ3n) is 4.21. The van der Waals surface area contributed by atoms with E-state index in [0.717, 1.165) is 18.5 Å². The van der Waals surface area contributed by atoms with Crippen molar-refractivity contribution >= 4 is 11.9 Å². The van der Waals surface area contributed by atoms with E-state index in [4.69, 9.17) is 4.74 Å². The Morgan fingerprint density at radius 1 is 1.29 bits per heavy atom. The molecule has 0 bridgehead atoms. The second-order valence-corrected chi connectivity index (χ2v) is 5.84. The van der Waals surface area contributed by atoms with E-state index >= 15 is 0 Å². The maximum atomic E-state index is 12.7. The van der Waals surface area contributed by atoms with Crippen molar-refractivity contribution in [3.05, 3.63) is 48.3 Å². The zero-order chi connectivity index (χ0) is 16.9. The number of piperidine rings is 1. The lowest BCUT2D eigenvalue weighted by molar-refractivity contribution is -0.149. The number of carbonyl (C=O) groups is 2. The number of hydrogen-bond acceptors (Lipinski definition) is 4. The summed E-state index contributed by atoms with van der Waals surface area (Å²) in [6.45, 7) is 3.27. The van der Waals surface area contributed by atoms with Gasteiger partial charge in [-0.05, 0) is 50.1 Å². The summed E-state index contributed by atoms with van der Waals surface area (Å²) in [7, 11) is 0. The maximum absolute atomic E-state index is 12.7. The Kier molecular flexibility index (Phi) is 4.93. The van der Waals surface area contributed by atoms with Crippen LogP contribution in [0.1, 0.15) is 30.1 Å². The monoisotopic (exact) mass is 327 g/mol. The van der Waals surface area contributed by atoms with E-state index in [1.54, 1.807) is 34.8 Å². The van der Waals surface area contributed by atoms with Crippen molar-refractivity contribution in [2.24, 2.45) is 5.92 Å². The second-order valence-electron chi connectivity index (χ2n) is 5.84. The van der Waals surface area contributed by atoms with Gasteiger partial charge in [-0.15, -0.1) is 0 Å². The Morgan fingerprint density at radius 3 is 2.75 bits per heavy atom. The van der Waals surface area contributed by atoms with Gasteiger partial charge in [0.1, 0.15) is 0 Å². The molecule has 0 N–H and O–H groups in total. The molecule has 6 heteroatoms. The molecule has 0 aliphatic carbocycles. The zero-order valence-corrected chi connectivity index (χ0v) is 13.7. The number of ether oxygens (including phenoxy) is 1. The number of aromatic nitrogens is 2. The first-order valence-electron chi connectivity index (χ1n) is 8.25. The van der Waals surface area contributed by atoms with Crippen molar-refractivity contribution in [3.63, 3.8) is 0 Å². The molecule has 6 nitrogen and oxygen atoms in total. The van der Waals surface area contributed by atoms with Crippen molar-refractivity contribution in [1.82, 2.24) is 14.7 Å². The summed E-state index contributed by atoms with van der Waals surface area (Å²) < 4.78 is 6.83. The van der Waals surface area contributed by atoms with Gasteiger partial charge in [0.05, 0.1) is 18.2 Å². The molecule has 1 amide bonds. The lowest BCUT2D eigenvalue weighted by Gasteiger charge is -2.31. The predicted molar refractivity (Wildman–Crippen MR) is 88.8 cm³/mol. The van der Waals surface area contributed by atoms with Crippen molar-refractivity contribution in [3.8, 4) is 5.69 Å². The third-order valence-corrected chi connectivity index (χ3v) is 4.21. The molecule has 126 valence electrons.